The van der Waals surface area contributed by atoms with E-state index in [2.05, 4.69) is 0 Å². The zero-order valence-corrected chi connectivity index (χ0v) is 9.31. The fourth-order valence-corrected chi connectivity index (χ4v) is 2.79. The lowest BCUT2D eigenvalue weighted by atomic mass is 10.3. The van der Waals surface area contributed by atoms with Crippen molar-refractivity contribution in [3.8, 4) is 0 Å². The Hall–Kier alpha value is -0.130. The van der Waals surface area contributed by atoms with E-state index in [0.29, 0.717) is 26.1 Å². The molecule has 0 amide bonds. The molecule has 0 unspecified atom stereocenters. The van der Waals surface area contributed by atoms with Crippen LogP contribution in [0.3, 0.4) is 0 Å². The average Bonchev–Trinajstić information content (AvgIpc) is 2.06. The van der Waals surface area contributed by atoms with Crippen molar-refractivity contribution in [3.63, 3.8) is 0 Å². The van der Waals surface area contributed by atoms with Crippen LogP contribution >= 0.6 is 0 Å². The lowest BCUT2D eigenvalue weighted by Crippen LogP contribution is -2.32. The van der Waals surface area contributed by atoms with Crippen molar-refractivity contribution in [1.82, 2.24) is 4.31 Å². The van der Waals surface area contributed by atoms with Crippen LogP contribution in [0.5, 0.6) is 0 Å². The Bertz CT molecular complexity index is 210. The summed E-state index contributed by atoms with van der Waals surface area (Å²) in [6, 6.07) is 0. The van der Waals surface area contributed by atoms with Crippen LogP contribution in [0, 0.1) is 0 Å². The van der Waals surface area contributed by atoms with Gasteiger partial charge in [-0.15, -0.1) is 0 Å². The van der Waals surface area contributed by atoms with E-state index < -0.39 is 10.0 Å². The van der Waals surface area contributed by atoms with Gasteiger partial charge in [-0.3, -0.25) is 0 Å². The summed E-state index contributed by atoms with van der Waals surface area (Å²) >= 11 is 0. The number of nitrogens with zero attached hydrogens (tertiary/aromatic N) is 1. The van der Waals surface area contributed by atoms with Gasteiger partial charge < -0.3 is 5.73 Å². The first kappa shape index (κ1) is 12.9. The molecule has 0 saturated carbocycles. The highest BCUT2D eigenvalue weighted by Gasteiger charge is 2.17. The molecule has 4 nitrogen and oxygen atoms in total. The molecule has 0 saturated heterocycles. The number of hydrogen-bond donors (Lipinski definition) is 1. The summed E-state index contributed by atoms with van der Waals surface area (Å²) in [7, 11) is -3.02. The van der Waals surface area contributed by atoms with E-state index >= 15 is 0 Å². The molecule has 0 aliphatic rings. The minimum Gasteiger partial charge on any atom is -0.330 e. The second-order valence-corrected chi connectivity index (χ2v) is 4.98. The molecule has 0 bridgehead atoms. The molecular formula is C8H20N2O2S. The molecule has 0 aliphatic heterocycles. The summed E-state index contributed by atoms with van der Waals surface area (Å²) in [6.07, 6.45) is 1.44. The van der Waals surface area contributed by atoms with Crippen LogP contribution in [0.2, 0.25) is 0 Å². The van der Waals surface area contributed by atoms with Gasteiger partial charge in [-0.05, 0) is 19.4 Å². The second-order valence-electron chi connectivity index (χ2n) is 2.90. The maximum absolute atomic E-state index is 11.6. The van der Waals surface area contributed by atoms with E-state index in [4.69, 9.17) is 5.73 Å². The van der Waals surface area contributed by atoms with Gasteiger partial charge in [0.05, 0.1) is 5.75 Å². The zero-order chi connectivity index (χ0) is 10.3. The number of nitrogens with two attached hydrogens (primary N) is 1. The zero-order valence-electron chi connectivity index (χ0n) is 8.49. The van der Waals surface area contributed by atoms with Gasteiger partial charge in [0.15, 0.2) is 0 Å². The van der Waals surface area contributed by atoms with Gasteiger partial charge in [-0.1, -0.05) is 13.8 Å². The minimum absolute atomic E-state index is 0.228. The molecule has 0 heterocycles. The molecule has 0 aromatic heterocycles. The van der Waals surface area contributed by atoms with Gasteiger partial charge in [0.25, 0.3) is 0 Å². The van der Waals surface area contributed by atoms with Crippen LogP contribution in [-0.2, 0) is 10.0 Å². The molecule has 0 atom stereocenters. The molecule has 0 radical (unpaired) electrons. The molecule has 13 heavy (non-hydrogen) atoms. The fraction of sp³-hybridized carbons (Fsp3) is 1.00. The van der Waals surface area contributed by atoms with E-state index in [0.717, 1.165) is 6.42 Å². The number of sulfonamides is 1. The first-order valence-electron chi connectivity index (χ1n) is 4.76. The van der Waals surface area contributed by atoms with E-state index in [-0.39, 0.29) is 5.75 Å². The van der Waals surface area contributed by atoms with Crippen molar-refractivity contribution in [1.29, 1.82) is 0 Å². The van der Waals surface area contributed by atoms with Gasteiger partial charge in [0.2, 0.25) is 10.0 Å². The van der Waals surface area contributed by atoms with E-state index in [9.17, 15) is 8.42 Å². The third kappa shape index (κ3) is 4.59. The average molecular weight is 208 g/mol. The predicted molar refractivity (Wildman–Crippen MR) is 55.0 cm³/mol. The fourth-order valence-electron chi connectivity index (χ4n) is 1.17. The SMILES string of the molecule is CCN(CC)S(=O)(=O)CCCCN. The third-order valence-electron chi connectivity index (χ3n) is 1.96. The smallest absolute Gasteiger partial charge is 0.214 e. The summed E-state index contributed by atoms with van der Waals surface area (Å²) in [5.41, 5.74) is 5.29. The Balaban J connectivity index is 4.05. The maximum atomic E-state index is 11.6. The topological polar surface area (TPSA) is 63.4 Å². The predicted octanol–water partition coefficient (Wildman–Crippen LogP) is 0.397. The van der Waals surface area contributed by atoms with Crippen molar-refractivity contribution in [2.45, 2.75) is 26.7 Å². The van der Waals surface area contributed by atoms with Crippen LogP contribution in [-0.4, -0.2) is 38.1 Å². The Labute approximate surface area is 81.2 Å². The highest BCUT2D eigenvalue weighted by molar-refractivity contribution is 7.89. The first-order chi connectivity index (χ1) is 6.08. The van der Waals surface area contributed by atoms with Crippen LogP contribution < -0.4 is 5.73 Å². The Kier molecular flexibility index (Phi) is 6.28. The molecule has 80 valence electrons. The highest BCUT2D eigenvalue weighted by Crippen LogP contribution is 2.03. The van der Waals surface area contributed by atoms with E-state index in [1.54, 1.807) is 0 Å². The molecule has 5 heteroatoms. The van der Waals surface area contributed by atoms with Crippen molar-refractivity contribution >= 4 is 10.0 Å². The quantitative estimate of drug-likeness (QED) is 0.616. The van der Waals surface area contributed by atoms with Gasteiger partial charge in [-0.25, -0.2) is 12.7 Å². The number of unbranched alkanes of at least 4 members (excludes halogenated alkanes) is 1. The maximum Gasteiger partial charge on any atom is 0.214 e. The van der Waals surface area contributed by atoms with Crippen LogP contribution in [0.4, 0.5) is 0 Å². The summed E-state index contributed by atoms with van der Waals surface area (Å²) in [5.74, 6) is 0.228. The Morgan fingerprint density at radius 2 is 1.69 bits per heavy atom. The van der Waals surface area contributed by atoms with Gasteiger partial charge in [0, 0.05) is 13.1 Å². The van der Waals surface area contributed by atoms with Crippen LogP contribution in [0.15, 0.2) is 0 Å². The molecule has 2 N–H and O–H groups in total. The molecule has 0 aliphatic carbocycles. The van der Waals surface area contributed by atoms with Crippen molar-refractivity contribution in [3.05, 3.63) is 0 Å². The molecule has 0 rings (SSSR count). The normalized spacial score (nSPS) is 12.3. The Morgan fingerprint density at radius 1 is 1.15 bits per heavy atom. The number of hydrogen-bond acceptors (Lipinski definition) is 3. The lowest BCUT2D eigenvalue weighted by molar-refractivity contribution is 0.443. The molecule has 0 aromatic rings. The van der Waals surface area contributed by atoms with Crippen LogP contribution in [0.1, 0.15) is 26.7 Å². The third-order valence-corrected chi connectivity index (χ3v) is 4.06. The molecule has 0 aromatic carbocycles. The highest BCUT2D eigenvalue weighted by atomic mass is 32.2. The van der Waals surface area contributed by atoms with Gasteiger partial charge >= 0.3 is 0 Å². The summed E-state index contributed by atoms with van der Waals surface area (Å²) in [4.78, 5) is 0. The minimum atomic E-state index is -3.02. The standard InChI is InChI=1S/C8H20N2O2S/c1-3-10(4-2)13(11,12)8-6-5-7-9/h3-9H2,1-2H3. The summed E-state index contributed by atoms with van der Waals surface area (Å²) in [5, 5.41) is 0. The number of rotatable bonds is 7. The second kappa shape index (κ2) is 6.34. The van der Waals surface area contributed by atoms with Crippen LogP contribution in [0.25, 0.3) is 0 Å². The largest absolute Gasteiger partial charge is 0.330 e. The first-order valence-corrected chi connectivity index (χ1v) is 6.37. The Morgan fingerprint density at radius 3 is 2.08 bits per heavy atom. The van der Waals surface area contributed by atoms with E-state index in [1.807, 2.05) is 13.8 Å². The lowest BCUT2D eigenvalue weighted by Gasteiger charge is -2.17. The molecule has 0 spiro atoms. The monoisotopic (exact) mass is 208 g/mol. The van der Waals surface area contributed by atoms with Crippen molar-refractivity contribution in [2.75, 3.05) is 25.4 Å². The van der Waals surface area contributed by atoms with E-state index in [1.165, 1.54) is 4.31 Å². The van der Waals surface area contributed by atoms with Crippen molar-refractivity contribution in [2.24, 2.45) is 5.73 Å². The summed E-state index contributed by atoms with van der Waals surface area (Å²) < 4.78 is 24.6. The van der Waals surface area contributed by atoms with Gasteiger partial charge in [0.1, 0.15) is 0 Å². The molecule has 0 fully saturated rings. The summed E-state index contributed by atoms with van der Waals surface area (Å²) in [6.45, 7) is 5.38. The van der Waals surface area contributed by atoms with Gasteiger partial charge in [-0.2, -0.15) is 0 Å². The van der Waals surface area contributed by atoms with Crippen molar-refractivity contribution < 1.29 is 8.42 Å². The molecular weight excluding hydrogens is 188 g/mol.